The van der Waals surface area contributed by atoms with Crippen LogP contribution in [0.25, 0.3) is 11.1 Å². The number of methoxy groups -OCH3 is 1. The first-order valence-corrected chi connectivity index (χ1v) is 11.3. The van der Waals surface area contributed by atoms with Gasteiger partial charge in [0, 0.05) is 11.6 Å². The highest BCUT2D eigenvalue weighted by Crippen LogP contribution is 2.43. The maximum Gasteiger partial charge on any atom is 0.426 e. The van der Waals surface area contributed by atoms with Crippen molar-refractivity contribution >= 4 is 27.3 Å². The van der Waals surface area contributed by atoms with Gasteiger partial charge < -0.3 is 4.74 Å². The summed E-state index contributed by atoms with van der Waals surface area (Å²) in [7, 11) is -2.82. The molecule has 5 nitrogen and oxygen atoms in total. The van der Waals surface area contributed by atoms with Crippen molar-refractivity contribution in [1.29, 1.82) is 0 Å². The second kappa shape index (κ2) is 8.81. The van der Waals surface area contributed by atoms with Gasteiger partial charge in [0.1, 0.15) is 9.75 Å². The number of rotatable bonds is 6. The van der Waals surface area contributed by atoms with E-state index < -0.39 is 33.1 Å². The van der Waals surface area contributed by atoms with Gasteiger partial charge in [0.15, 0.2) is 0 Å². The minimum atomic E-state index is -4.68. The summed E-state index contributed by atoms with van der Waals surface area (Å²) in [6.45, 7) is 1.69. The van der Waals surface area contributed by atoms with Crippen molar-refractivity contribution in [2.24, 2.45) is 0 Å². The third-order valence-electron chi connectivity index (χ3n) is 4.48. The average molecular weight is 470 g/mol. The van der Waals surface area contributed by atoms with Crippen molar-refractivity contribution in [2.75, 3.05) is 7.11 Å². The molecule has 1 atom stereocenters. The monoisotopic (exact) mass is 469 g/mol. The van der Waals surface area contributed by atoms with Crippen molar-refractivity contribution < 1.29 is 31.1 Å². The fourth-order valence-corrected chi connectivity index (χ4v) is 5.14. The molecular formula is C21H18F3NO4S2. The molecule has 0 aliphatic heterocycles. The summed E-state index contributed by atoms with van der Waals surface area (Å²) in [6, 6.07) is 14.6. The molecular weight excluding hydrogens is 451 g/mol. The number of carbonyl (C=O) groups excluding carboxylic acids is 1. The fraction of sp³-hybridized carbons (Fsp3) is 0.190. The van der Waals surface area contributed by atoms with Gasteiger partial charge in [-0.05, 0) is 36.2 Å². The number of sulfonamides is 1. The van der Waals surface area contributed by atoms with Crippen LogP contribution in [-0.2, 0) is 20.9 Å². The number of hydrogen-bond donors (Lipinski definition) is 1. The van der Waals surface area contributed by atoms with Crippen LogP contribution in [0, 0.1) is 0 Å². The Hall–Kier alpha value is -2.69. The Bertz CT molecular complexity index is 1170. The van der Waals surface area contributed by atoms with E-state index in [1.165, 1.54) is 24.3 Å². The molecule has 0 radical (unpaired) electrons. The van der Waals surface area contributed by atoms with Crippen LogP contribution in [0.1, 0.15) is 33.1 Å². The van der Waals surface area contributed by atoms with Crippen LogP contribution in [-0.4, -0.2) is 21.5 Å². The van der Waals surface area contributed by atoms with E-state index in [0.717, 1.165) is 18.7 Å². The van der Waals surface area contributed by atoms with Crippen LogP contribution in [0.15, 0.2) is 65.6 Å². The van der Waals surface area contributed by atoms with Gasteiger partial charge in [-0.1, -0.05) is 42.5 Å². The van der Waals surface area contributed by atoms with E-state index in [9.17, 15) is 26.4 Å². The van der Waals surface area contributed by atoms with Crippen molar-refractivity contribution in [2.45, 2.75) is 24.0 Å². The van der Waals surface area contributed by atoms with Gasteiger partial charge >= 0.3 is 12.1 Å². The lowest BCUT2D eigenvalue weighted by atomic mass is 10.1. The zero-order chi connectivity index (χ0) is 22.8. The standard InChI is InChI=1S/C21H18F3NO4S2/c1-13(14-6-4-3-5-7-14)25-31(27,28)16-10-8-15(9-11-16)17-12-18(20(26)29-2)30-19(17)21(22,23)24/h3-13,25H,1-2H3/t13-/m1/s1. The summed E-state index contributed by atoms with van der Waals surface area (Å²) in [4.78, 5) is 10.4. The molecule has 164 valence electrons. The molecule has 3 rings (SSSR count). The first-order valence-electron chi connectivity index (χ1n) is 9.00. The lowest BCUT2D eigenvalue weighted by Gasteiger charge is -2.15. The number of ether oxygens (including phenoxy) is 1. The molecule has 3 aromatic rings. The number of hydrogen-bond acceptors (Lipinski definition) is 5. The van der Waals surface area contributed by atoms with E-state index in [2.05, 4.69) is 9.46 Å². The normalized spacial score (nSPS) is 13.1. The summed E-state index contributed by atoms with van der Waals surface area (Å²) in [6.07, 6.45) is -4.68. The van der Waals surface area contributed by atoms with Crippen molar-refractivity contribution in [3.63, 3.8) is 0 Å². The van der Waals surface area contributed by atoms with E-state index >= 15 is 0 Å². The van der Waals surface area contributed by atoms with Crippen LogP contribution < -0.4 is 4.72 Å². The number of esters is 1. The second-order valence-electron chi connectivity index (χ2n) is 6.62. The number of halogens is 3. The molecule has 10 heteroatoms. The molecule has 0 spiro atoms. The summed E-state index contributed by atoms with van der Waals surface area (Å²) >= 11 is 0.280. The summed E-state index contributed by atoms with van der Waals surface area (Å²) < 4.78 is 72.7. The first-order chi connectivity index (χ1) is 14.5. The van der Waals surface area contributed by atoms with Crippen LogP contribution in [0.4, 0.5) is 13.2 Å². The van der Waals surface area contributed by atoms with Gasteiger partial charge in [-0.15, -0.1) is 11.3 Å². The van der Waals surface area contributed by atoms with E-state index in [0.29, 0.717) is 0 Å². The summed E-state index contributed by atoms with van der Waals surface area (Å²) in [5, 5.41) is 0. The topological polar surface area (TPSA) is 72.5 Å². The predicted molar refractivity (Wildman–Crippen MR) is 111 cm³/mol. The quantitative estimate of drug-likeness (QED) is 0.500. The van der Waals surface area contributed by atoms with E-state index in [1.807, 2.05) is 6.07 Å². The molecule has 31 heavy (non-hydrogen) atoms. The van der Waals surface area contributed by atoms with Gasteiger partial charge in [0.2, 0.25) is 10.0 Å². The molecule has 1 aromatic heterocycles. The van der Waals surface area contributed by atoms with Gasteiger partial charge in [-0.3, -0.25) is 0 Å². The Morgan fingerprint density at radius 3 is 2.23 bits per heavy atom. The average Bonchev–Trinajstić information content (AvgIpc) is 3.20. The third-order valence-corrected chi connectivity index (χ3v) is 7.20. The fourth-order valence-electron chi connectivity index (χ4n) is 2.94. The molecule has 0 amide bonds. The summed E-state index contributed by atoms with van der Waals surface area (Å²) in [5.41, 5.74) is 0.687. The highest BCUT2D eigenvalue weighted by atomic mass is 32.2. The van der Waals surface area contributed by atoms with Gasteiger partial charge in [0.25, 0.3) is 0 Å². The lowest BCUT2D eigenvalue weighted by Crippen LogP contribution is -2.26. The van der Waals surface area contributed by atoms with Crippen LogP contribution >= 0.6 is 11.3 Å². The molecule has 0 aliphatic rings. The van der Waals surface area contributed by atoms with Gasteiger partial charge in [0.05, 0.1) is 12.0 Å². The van der Waals surface area contributed by atoms with Gasteiger partial charge in [-0.2, -0.15) is 13.2 Å². The predicted octanol–water partition coefficient (Wildman–Crippen LogP) is 5.26. The molecule has 0 unspecified atom stereocenters. The number of nitrogens with one attached hydrogen (secondary N) is 1. The number of carbonyl (C=O) groups is 1. The van der Waals surface area contributed by atoms with E-state index in [4.69, 9.17) is 0 Å². The van der Waals surface area contributed by atoms with E-state index in [1.54, 1.807) is 31.2 Å². The molecule has 0 bridgehead atoms. The maximum absolute atomic E-state index is 13.4. The molecule has 0 fully saturated rings. The molecule has 0 aliphatic carbocycles. The Morgan fingerprint density at radius 2 is 1.68 bits per heavy atom. The van der Waals surface area contributed by atoms with Crippen LogP contribution in [0.3, 0.4) is 0 Å². The van der Waals surface area contributed by atoms with Crippen LogP contribution in [0.2, 0.25) is 0 Å². The van der Waals surface area contributed by atoms with Crippen molar-refractivity contribution in [3.8, 4) is 11.1 Å². The molecule has 0 saturated heterocycles. The third kappa shape index (κ3) is 5.15. The maximum atomic E-state index is 13.4. The van der Waals surface area contributed by atoms with Gasteiger partial charge in [-0.25, -0.2) is 17.9 Å². The SMILES string of the molecule is COC(=O)c1cc(-c2ccc(S(=O)(=O)N[C@H](C)c3ccccc3)cc2)c(C(F)(F)F)s1. The summed E-state index contributed by atoms with van der Waals surface area (Å²) in [5.74, 6) is -0.875. The minimum absolute atomic E-state index is 0.0870. The Kier molecular flexibility index (Phi) is 6.54. The number of alkyl halides is 3. The zero-order valence-electron chi connectivity index (χ0n) is 16.4. The zero-order valence-corrected chi connectivity index (χ0v) is 18.1. The number of thiophene rings is 1. The Labute approximate surface area is 181 Å². The molecule has 1 heterocycles. The second-order valence-corrected chi connectivity index (χ2v) is 9.39. The van der Waals surface area contributed by atoms with Crippen molar-refractivity contribution in [1.82, 2.24) is 4.72 Å². The highest BCUT2D eigenvalue weighted by molar-refractivity contribution is 7.89. The number of benzene rings is 2. The largest absolute Gasteiger partial charge is 0.465 e. The van der Waals surface area contributed by atoms with Crippen molar-refractivity contribution in [3.05, 3.63) is 76.0 Å². The Morgan fingerprint density at radius 1 is 1.06 bits per heavy atom. The smallest absolute Gasteiger partial charge is 0.426 e. The first kappa shape index (κ1) is 23.0. The minimum Gasteiger partial charge on any atom is -0.465 e. The molecule has 1 N–H and O–H groups in total. The Balaban J connectivity index is 1.91. The van der Waals surface area contributed by atoms with Crippen LogP contribution in [0.5, 0.6) is 0 Å². The van der Waals surface area contributed by atoms with E-state index in [-0.39, 0.29) is 32.2 Å². The molecule has 0 saturated carbocycles. The molecule has 2 aromatic carbocycles. The lowest BCUT2D eigenvalue weighted by molar-refractivity contribution is -0.133. The highest BCUT2D eigenvalue weighted by Gasteiger charge is 2.37.